The lowest BCUT2D eigenvalue weighted by molar-refractivity contribution is -0.278. The molecule has 0 amide bonds. The lowest BCUT2D eigenvalue weighted by atomic mass is 9.70. The summed E-state index contributed by atoms with van der Waals surface area (Å²) in [5.41, 5.74) is 0.839. The fourth-order valence-electron chi connectivity index (χ4n) is 4.94. The zero-order chi connectivity index (χ0) is 20.7. The van der Waals surface area contributed by atoms with E-state index in [1.807, 2.05) is 6.92 Å². The Kier molecular flexibility index (Phi) is 8.25. The fourth-order valence-corrected chi connectivity index (χ4v) is 4.94. The molecule has 0 bridgehead atoms. The third kappa shape index (κ3) is 6.36. The van der Waals surface area contributed by atoms with Crippen LogP contribution in [0, 0.1) is 17.8 Å². The van der Waals surface area contributed by atoms with Crippen molar-refractivity contribution in [3.63, 3.8) is 0 Å². The minimum atomic E-state index is -3.23. The topological polar surface area (TPSA) is 18.5 Å². The molecule has 4 heteroatoms. The molecule has 0 radical (unpaired) electrons. The Balaban J connectivity index is 1.45. The van der Waals surface area contributed by atoms with Crippen molar-refractivity contribution in [2.45, 2.75) is 83.5 Å². The van der Waals surface area contributed by atoms with Gasteiger partial charge in [0.05, 0.1) is 18.3 Å². The molecule has 0 N–H and O–H groups in total. The number of rotatable bonds is 9. The summed E-state index contributed by atoms with van der Waals surface area (Å²) >= 11 is 0. The molecular weight excluding hydrogens is 370 g/mol. The quantitative estimate of drug-likeness (QED) is 0.318. The van der Waals surface area contributed by atoms with Crippen molar-refractivity contribution in [3.05, 3.63) is 48.0 Å². The van der Waals surface area contributed by atoms with Gasteiger partial charge in [-0.05, 0) is 93.2 Å². The second-order valence-electron chi connectivity index (χ2n) is 8.83. The smallest absolute Gasteiger partial charge is 0.377 e. The standard InChI is InChI=1S/C25H36F2O2/c1-3-17-28-18-20-7-13-23(14-8-20)25(26,27)29-24-15-11-22(12-16-24)21-9-5-19(4-2)6-10-21/h4,7-8,13-14,19,21-22,24H,2-3,5-6,9-12,15-18H2,1H3/t19-,21-,22-,24-. The highest BCUT2D eigenvalue weighted by atomic mass is 19.3. The number of alkyl halides is 2. The van der Waals surface area contributed by atoms with Gasteiger partial charge < -0.3 is 9.47 Å². The highest BCUT2D eigenvalue weighted by Crippen LogP contribution is 2.42. The molecule has 1 aromatic carbocycles. The van der Waals surface area contributed by atoms with Crippen LogP contribution in [-0.4, -0.2) is 12.7 Å². The first-order valence-electron chi connectivity index (χ1n) is 11.4. The summed E-state index contributed by atoms with van der Waals surface area (Å²) in [6.07, 6.45) is 7.96. The number of allylic oxidation sites excluding steroid dienone is 1. The minimum absolute atomic E-state index is 0.0680. The molecule has 3 rings (SSSR count). The summed E-state index contributed by atoms with van der Waals surface area (Å²) in [6, 6.07) is 6.35. The van der Waals surface area contributed by atoms with Gasteiger partial charge in [-0.25, -0.2) is 0 Å². The molecule has 29 heavy (non-hydrogen) atoms. The van der Waals surface area contributed by atoms with Crippen LogP contribution in [0.4, 0.5) is 8.78 Å². The molecule has 2 nitrogen and oxygen atoms in total. The van der Waals surface area contributed by atoms with Crippen molar-refractivity contribution in [1.82, 2.24) is 0 Å². The van der Waals surface area contributed by atoms with Crippen molar-refractivity contribution in [2.75, 3.05) is 6.61 Å². The number of benzene rings is 1. The Morgan fingerprint density at radius 2 is 1.55 bits per heavy atom. The van der Waals surface area contributed by atoms with E-state index in [0.29, 0.717) is 25.0 Å². The second-order valence-corrected chi connectivity index (χ2v) is 8.83. The summed E-state index contributed by atoms with van der Waals surface area (Å²) in [7, 11) is 0. The SMILES string of the molecule is C=C[C@H]1CC[C@H]([C@H]2CC[C@H](OC(F)(F)c3ccc(COCCC)cc3)CC2)CC1. The van der Waals surface area contributed by atoms with Gasteiger partial charge in [-0.1, -0.05) is 25.1 Å². The van der Waals surface area contributed by atoms with E-state index < -0.39 is 6.11 Å². The van der Waals surface area contributed by atoms with Gasteiger partial charge in [0.15, 0.2) is 0 Å². The molecule has 0 heterocycles. The Morgan fingerprint density at radius 1 is 0.966 bits per heavy atom. The van der Waals surface area contributed by atoms with Crippen LogP contribution < -0.4 is 0 Å². The van der Waals surface area contributed by atoms with Gasteiger partial charge in [-0.3, -0.25) is 0 Å². The molecule has 0 unspecified atom stereocenters. The maximum absolute atomic E-state index is 14.6. The van der Waals surface area contributed by atoms with Crippen LogP contribution >= 0.6 is 0 Å². The maximum Gasteiger partial charge on any atom is 0.383 e. The van der Waals surface area contributed by atoms with Crippen molar-refractivity contribution in [1.29, 1.82) is 0 Å². The zero-order valence-electron chi connectivity index (χ0n) is 17.8. The molecule has 2 fully saturated rings. The van der Waals surface area contributed by atoms with Crippen LogP contribution in [0.15, 0.2) is 36.9 Å². The van der Waals surface area contributed by atoms with Gasteiger partial charge in [0.25, 0.3) is 0 Å². The first kappa shape index (κ1) is 22.4. The van der Waals surface area contributed by atoms with Gasteiger partial charge in [0.2, 0.25) is 0 Å². The predicted octanol–water partition coefficient (Wildman–Crippen LogP) is 7.23. The van der Waals surface area contributed by atoms with Crippen molar-refractivity contribution in [3.8, 4) is 0 Å². The Labute approximate surface area is 174 Å². The van der Waals surface area contributed by atoms with E-state index in [1.165, 1.54) is 37.8 Å². The van der Waals surface area contributed by atoms with E-state index in [4.69, 9.17) is 9.47 Å². The van der Waals surface area contributed by atoms with E-state index in [1.54, 1.807) is 12.1 Å². The summed E-state index contributed by atoms with van der Waals surface area (Å²) in [5, 5.41) is 0. The lowest BCUT2D eigenvalue weighted by Gasteiger charge is -2.38. The molecule has 0 aromatic heterocycles. The minimum Gasteiger partial charge on any atom is -0.377 e. The van der Waals surface area contributed by atoms with Gasteiger partial charge in [0, 0.05) is 6.61 Å². The molecular formula is C25H36F2O2. The molecule has 2 aliphatic carbocycles. The Bertz CT molecular complexity index is 612. The Morgan fingerprint density at radius 3 is 2.10 bits per heavy atom. The predicted molar refractivity (Wildman–Crippen MR) is 113 cm³/mol. The van der Waals surface area contributed by atoms with Crippen molar-refractivity contribution >= 4 is 0 Å². The second kappa shape index (κ2) is 10.7. The van der Waals surface area contributed by atoms with E-state index in [2.05, 4.69) is 12.7 Å². The zero-order valence-corrected chi connectivity index (χ0v) is 17.8. The molecule has 1 aromatic rings. The third-order valence-corrected chi connectivity index (χ3v) is 6.76. The molecule has 0 saturated heterocycles. The molecule has 0 aliphatic heterocycles. The van der Waals surface area contributed by atoms with Gasteiger partial charge >= 0.3 is 6.11 Å². The Hall–Kier alpha value is -1.26. The van der Waals surface area contributed by atoms with Crippen LogP contribution in [0.2, 0.25) is 0 Å². The van der Waals surface area contributed by atoms with E-state index in [-0.39, 0.29) is 11.7 Å². The summed E-state index contributed by atoms with van der Waals surface area (Å²) in [6.45, 7) is 7.10. The van der Waals surface area contributed by atoms with Crippen LogP contribution in [0.5, 0.6) is 0 Å². The van der Waals surface area contributed by atoms with Crippen LogP contribution in [0.3, 0.4) is 0 Å². The highest BCUT2D eigenvalue weighted by Gasteiger charge is 2.38. The molecule has 162 valence electrons. The fraction of sp³-hybridized carbons (Fsp3) is 0.680. The van der Waals surface area contributed by atoms with Crippen LogP contribution in [-0.2, 0) is 22.2 Å². The molecule has 2 aliphatic rings. The van der Waals surface area contributed by atoms with E-state index in [9.17, 15) is 8.78 Å². The van der Waals surface area contributed by atoms with Gasteiger partial charge in [0.1, 0.15) is 0 Å². The average molecular weight is 407 g/mol. The number of ether oxygens (including phenoxy) is 2. The van der Waals surface area contributed by atoms with Crippen molar-refractivity contribution in [2.24, 2.45) is 17.8 Å². The first-order chi connectivity index (χ1) is 14.0. The molecule has 2 saturated carbocycles. The van der Waals surface area contributed by atoms with Gasteiger partial charge in [-0.2, -0.15) is 8.78 Å². The monoisotopic (exact) mass is 406 g/mol. The molecule has 0 atom stereocenters. The average Bonchev–Trinajstić information content (AvgIpc) is 2.75. The molecule has 0 spiro atoms. The first-order valence-corrected chi connectivity index (χ1v) is 11.4. The summed E-state index contributed by atoms with van der Waals surface area (Å²) in [4.78, 5) is 0. The normalized spacial score (nSPS) is 28.2. The van der Waals surface area contributed by atoms with Gasteiger partial charge in [-0.15, -0.1) is 6.58 Å². The van der Waals surface area contributed by atoms with Crippen LogP contribution in [0.1, 0.15) is 75.8 Å². The maximum atomic E-state index is 14.6. The number of hydrogen-bond donors (Lipinski definition) is 0. The third-order valence-electron chi connectivity index (χ3n) is 6.76. The van der Waals surface area contributed by atoms with E-state index in [0.717, 1.165) is 43.6 Å². The number of hydrogen-bond acceptors (Lipinski definition) is 2. The van der Waals surface area contributed by atoms with Crippen LogP contribution in [0.25, 0.3) is 0 Å². The largest absolute Gasteiger partial charge is 0.383 e. The number of halogens is 2. The summed E-state index contributed by atoms with van der Waals surface area (Å²) < 4.78 is 40.1. The van der Waals surface area contributed by atoms with Crippen molar-refractivity contribution < 1.29 is 18.3 Å². The highest BCUT2D eigenvalue weighted by molar-refractivity contribution is 5.24. The summed E-state index contributed by atoms with van der Waals surface area (Å²) in [5.74, 6) is 2.11. The lowest BCUT2D eigenvalue weighted by Crippen LogP contribution is -2.32. The van der Waals surface area contributed by atoms with E-state index >= 15 is 0 Å².